The van der Waals surface area contributed by atoms with Crippen LogP contribution in [0.4, 0.5) is 0 Å². The monoisotopic (exact) mass is 737 g/mol. The first-order valence-electron chi connectivity index (χ1n) is 19.7. The molecule has 0 N–H and O–H groups in total. The number of hydrogen-bond acceptors (Lipinski definition) is 3. The summed E-state index contributed by atoms with van der Waals surface area (Å²) < 4.78 is 4.82. The zero-order valence-electron chi connectivity index (χ0n) is 31.1. The van der Waals surface area contributed by atoms with Crippen molar-refractivity contribution in [1.29, 1.82) is 0 Å². The molecule has 0 spiro atoms. The van der Waals surface area contributed by atoms with Crippen LogP contribution >= 0.6 is 0 Å². The summed E-state index contributed by atoms with van der Waals surface area (Å²) in [4.78, 5) is 16.0. The molecule has 0 bridgehead atoms. The van der Waals surface area contributed by atoms with E-state index in [1.165, 1.54) is 32.3 Å². The van der Waals surface area contributed by atoms with Crippen LogP contribution in [0.1, 0.15) is 0 Å². The van der Waals surface area contributed by atoms with E-state index in [0.29, 0.717) is 5.82 Å². The number of nitrogens with zero attached hydrogens (tertiary/aromatic N) is 5. The Morgan fingerprint density at radius 3 is 1.97 bits per heavy atom. The maximum Gasteiger partial charge on any atom is 0.160 e. The first kappa shape index (κ1) is 31.3. The number of hydrogen-bond donors (Lipinski definition) is 0. The lowest BCUT2D eigenvalue weighted by Crippen LogP contribution is -1.98. The van der Waals surface area contributed by atoms with E-state index in [-0.39, 0.29) is 0 Å². The van der Waals surface area contributed by atoms with E-state index < -0.39 is 0 Å². The van der Waals surface area contributed by atoms with Crippen LogP contribution in [0, 0.1) is 0 Å². The van der Waals surface area contributed by atoms with Gasteiger partial charge in [-0.15, -0.1) is 0 Å². The van der Waals surface area contributed by atoms with Crippen LogP contribution in [0.2, 0.25) is 0 Å². The van der Waals surface area contributed by atoms with Gasteiger partial charge < -0.3 is 4.57 Å². The van der Waals surface area contributed by atoms with Crippen LogP contribution in [0.25, 0.3) is 121 Å². The van der Waals surface area contributed by atoms with Gasteiger partial charge in [-0.1, -0.05) is 140 Å². The molecule has 13 aromatic rings. The summed E-state index contributed by atoms with van der Waals surface area (Å²) >= 11 is 0. The van der Waals surface area contributed by atoms with Crippen LogP contribution in [0.3, 0.4) is 0 Å². The minimum absolute atomic E-state index is 0.710. The standard InChI is InChI=1S/C53H31N5/c1-3-13-34(14-4-1)52-55-49(37-23-22-32-12-7-8-17-36(32)30-37)41-27-25-33-24-26-38(31-42(33)50(41)56-52)57-45-21-11-19-40-39-18-9-10-20-44(39)58-51-43(28-29-46(57)48(51)47(40)45)54-53(58)35-15-5-2-6-16-35/h1-31H. The van der Waals surface area contributed by atoms with Gasteiger partial charge in [0.2, 0.25) is 0 Å². The van der Waals surface area contributed by atoms with Gasteiger partial charge in [-0.25, -0.2) is 15.0 Å². The van der Waals surface area contributed by atoms with Gasteiger partial charge in [0.25, 0.3) is 0 Å². The van der Waals surface area contributed by atoms with Crippen molar-refractivity contribution in [2.45, 2.75) is 0 Å². The lowest BCUT2D eigenvalue weighted by molar-refractivity contribution is 1.18. The maximum atomic E-state index is 5.37. The molecule has 5 nitrogen and oxygen atoms in total. The number of fused-ring (bicyclic) bond motifs is 7. The Hall–Kier alpha value is -7.89. The summed E-state index contributed by atoms with van der Waals surface area (Å²) in [5.41, 5.74) is 11.6. The molecular weight excluding hydrogens is 707 g/mol. The van der Waals surface area contributed by atoms with Crippen molar-refractivity contribution >= 4 is 81.6 Å². The zero-order chi connectivity index (χ0) is 37.9. The quantitative estimate of drug-likeness (QED) is 0.169. The summed E-state index contributed by atoms with van der Waals surface area (Å²) in [6.45, 7) is 0. The topological polar surface area (TPSA) is 48.0 Å². The molecule has 0 atom stereocenters. The first-order valence-corrected chi connectivity index (χ1v) is 19.7. The van der Waals surface area contributed by atoms with Crippen molar-refractivity contribution in [2.24, 2.45) is 0 Å². The highest BCUT2D eigenvalue weighted by molar-refractivity contribution is 6.30. The Morgan fingerprint density at radius 1 is 0.379 bits per heavy atom. The van der Waals surface area contributed by atoms with Gasteiger partial charge in [0.15, 0.2) is 5.82 Å². The second-order valence-electron chi connectivity index (χ2n) is 15.2. The SMILES string of the molecule is c1ccc(-c2nc(-c3ccc4ccccc4c3)c3ccc4ccc(-n5c6cccc7c8ccccc8n8c(-c9ccccc9)nc9ccc5c(c76)c98)cc4c3n2)cc1. The minimum atomic E-state index is 0.710. The van der Waals surface area contributed by atoms with Crippen molar-refractivity contribution in [3.8, 4) is 39.7 Å². The number of para-hydroxylation sites is 1. The maximum absolute atomic E-state index is 5.37. The largest absolute Gasteiger partial charge is 0.309 e. The van der Waals surface area contributed by atoms with Gasteiger partial charge in [-0.2, -0.15) is 0 Å². The number of imidazole rings is 1. The molecule has 9 aromatic carbocycles. The van der Waals surface area contributed by atoms with Crippen LogP contribution in [0.15, 0.2) is 188 Å². The van der Waals surface area contributed by atoms with Crippen molar-refractivity contribution in [2.75, 3.05) is 0 Å². The van der Waals surface area contributed by atoms with E-state index in [9.17, 15) is 0 Å². The smallest absolute Gasteiger partial charge is 0.160 e. The van der Waals surface area contributed by atoms with Gasteiger partial charge >= 0.3 is 0 Å². The highest BCUT2D eigenvalue weighted by Gasteiger charge is 2.24. The number of aromatic nitrogens is 5. The molecule has 4 aromatic heterocycles. The Balaban J connectivity index is 1.13. The fraction of sp³-hybridized carbons (Fsp3) is 0. The lowest BCUT2D eigenvalue weighted by atomic mass is 9.99. The molecule has 0 radical (unpaired) electrons. The Bertz CT molecular complexity index is 3790. The summed E-state index contributed by atoms with van der Waals surface area (Å²) in [5.74, 6) is 1.65. The molecule has 0 fully saturated rings. The second-order valence-corrected chi connectivity index (χ2v) is 15.2. The molecule has 0 unspecified atom stereocenters. The molecule has 0 aliphatic heterocycles. The van der Waals surface area contributed by atoms with Crippen LogP contribution in [-0.2, 0) is 0 Å². The molecule has 58 heavy (non-hydrogen) atoms. The summed E-state index contributed by atoms with van der Waals surface area (Å²) in [6.07, 6.45) is 0. The van der Waals surface area contributed by atoms with Crippen molar-refractivity contribution < 1.29 is 0 Å². The predicted octanol–water partition coefficient (Wildman–Crippen LogP) is 13.4. The van der Waals surface area contributed by atoms with Gasteiger partial charge in [0.1, 0.15) is 5.82 Å². The van der Waals surface area contributed by atoms with E-state index >= 15 is 0 Å². The van der Waals surface area contributed by atoms with E-state index in [1.807, 2.05) is 6.07 Å². The molecule has 13 rings (SSSR count). The average molecular weight is 738 g/mol. The highest BCUT2D eigenvalue weighted by Crippen LogP contribution is 2.44. The summed E-state index contributed by atoms with van der Waals surface area (Å²) in [6, 6.07) is 67.1. The molecule has 0 aliphatic rings. The average Bonchev–Trinajstić information content (AvgIpc) is 3.81. The van der Waals surface area contributed by atoms with Crippen molar-refractivity contribution in [3.63, 3.8) is 0 Å². The van der Waals surface area contributed by atoms with Crippen molar-refractivity contribution in [3.05, 3.63) is 188 Å². The molecule has 4 heterocycles. The fourth-order valence-corrected chi connectivity index (χ4v) is 9.43. The summed E-state index contributed by atoms with van der Waals surface area (Å²) in [7, 11) is 0. The van der Waals surface area contributed by atoms with Gasteiger partial charge in [0, 0.05) is 49.3 Å². The van der Waals surface area contributed by atoms with Crippen molar-refractivity contribution in [1.82, 2.24) is 23.9 Å². The third kappa shape index (κ3) is 4.38. The molecule has 0 saturated heterocycles. The molecule has 0 aliphatic carbocycles. The Labute approximate surface area is 332 Å². The number of rotatable bonds is 4. The molecule has 0 amide bonds. The third-order valence-corrected chi connectivity index (χ3v) is 12.0. The molecule has 268 valence electrons. The Kier molecular flexibility index (Phi) is 6.38. The van der Waals surface area contributed by atoms with Gasteiger partial charge in [0.05, 0.1) is 38.8 Å². The van der Waals surface area contributed by atoms with E-state index in [2.05, 4.69) is 191 Å². The molecule has 0 saturated carbocycles. The zero-order valence-corrected chi connectivity index (χ0v) is 31.1. The number of benzene rings is 9. The second kappa shape index (κ2) is 11.8. The summed E-state index contributed by atoms with van der Waals surface area (Å²) in [5, 5.41) is 10.5. The molecule has 5 heteroatoms. The van der Waals surface area contributed by atoms with Crippen LogP contribution < -0.4 is 0 Å². The highest BCUT2D eigenvalue weighted by atomic mass is 15.0. The fourth-order valence-electron chi connectivity index (χ4n) is 9.43. The van der Waals surface area contributed by atoms with Crippen LogP contribution in [0.5, 0.6) is 0 Å². The van der Waals surface area contributed by atoms with E-state index in [1.54, 1.807) is 0 Å². The van der Waals surface area contributed by atoms with E-state index in [0.717, 1.165) is 83.2 Å². The normalized spacial score (nSPS) is 12.1. The molecular formula is C53H31N5. The van der Waals surface area contributed by atoms with Gasteiger partial charge in [-0.05, 0) is 70.1 Å². The predicted molar refractivity (Wildman–Crippen MR) is 240 cm³/mol. The lowest BCUT2D eigenvalue weighted by Gasteiger charge is -2.14. The van der Waals surface area contributed by atoms with E-state index in [4.69, 9.17) is 15.0 Å². The first-order chi connectivity index (χ1) is 28.8. The van der Waals surface area contributed by atoms with Crippen LogP contribution in [-0.4, -0.2) is 23.9 Å². The Morgan fingerprint density at radius 2 is 1.09 bits per heavy atom. The minimum Gasteiger partial charge on any atom is -0.309 e. The van der Waals surface area contributed by atoms with Gasteiger partial charge in [-0.3, -0.25) is 4.40 Å². The third-order valence-electron chi connectivity index (χ3n) is 12.0.